The standard InChI is InChI=1S/C19H20N6O.CH2O2/c1-12-6-7-14-18(13(12)2)23-16(22-14)5-3-8-21-19(26)15-11-17-20-9-4-10-25(17)24-15;2-1-3/h4,6-7,9-11H,3,5,8H2,1-2H3,(H,21,26)(H,22,23);1H,(H,2,3). The van der Waals surface area contributed by atoms with Gasteiger partial charge in [0, 0.05) is 31.4 Å². The van der Waals surface area contributed by atoms with E-state index in [1.54, 1.807) is 29.0 Å². The zero-order valence-electron chi connectivity index (χ0n) is 16.2. The average Bonchev–Trinajstić information content (AvgIpc) is 3.33. The molecule has 4 rings (SSSR count). The van der Waals surface area contributed by atoms with Gasteiger partial charge in [-0.3, -0.25) is 9.59 Å². The van der Waals surface area contributed by atoms with Crippen LogP contribution in [-0.2, 0) is 11.2 Å². The Morgan fingerprint density at radius 3 is 2.90 bits per heavy atom. The number of amides is 1. The molecule has 9 nitrogen and oxygen atoms in total. The SMILES string of the molecule is Cc1ccc2[nH]c(CCCNC(=O)c3cc4ncccn4n3)nc2c1C.O=CO. The van der Waals surface area contributed by atoms with Gasteiger partial charge in [-0.2, -0.15) is 5.10 Å². The van der Waals surface area contributed by atoms with Crippen LogP contribution in [0.4, 0.5) is 0 Å². The van der Waals surface area contributed by atoms with Crippen molar-refractivity contribution < 1.29 is 14.7 Å². The van der Waals surface area contributed by atoms with Crippen molar-refractivity contribution in [3.05, 3.63) is 59.3 Å². The molecule has 3 N–H and O–H groups in total. The maximum Gasteiger partial charge on any atom is 0.290 e. The summed E-state index contributed by atoms with van der Waals surface area (Å²) in [6, 6.07) is 7.62. The number of hydrogen-bond donors (Lipinski definition) is 3. The van der Waals surface area contributed by atoms with Gasteiger partial charge < -0.3 is 15.4 Å². The first-order valence-corrected chi connectivity index (χ1v) is 9.14. The molecule has 1 amide bonds. The lowest BCUT2D eigenvalue weighted by Crippen LogP contribution is -2.25. The minimum atomic E-state index is -0.250. The van der Waals surface area contributed by atoms with Crippen LogP contribution < -0.4 is 5.32 Å². The molecule has 3 heterocycles. The predicted molar refractivity (Wildman–Crippen MR) is 108 cm³/mol. The van der Waals surface area contributed by atoms with Crippen LogP contribution in [0.5, 0.6) is 0 Å². The highest BCUT2D eigenvalue weighted by Crippen LogP contribution is 2.19. The molecule has 150 valence electrons. The highest BCUT2D eigenvalue weighted by molar-refractivity contribution is 5.93. The Hall–Kier alpha value is -3.75. The number of aromatic nitrogens is 5. The normalized spacial score (nSPS) is 10.6. The number of aromatic amines is 1. The number of carboxylic acid groups (broad SMARTS) is 1. The van der Waals surface area contributed by atoms with E-state index in [2.05, 4.69) is 51.3 Å². The second kappa shape index (κ2) is 8.96. The van der Waals surface area contributed by atoms with Crippen molar-refractivity contribution in [2.24, 2.45) is 0 Å². The van der Waals surface area contributed by atoms with Crippen molar-refractivity contribution in [2.45, 2.75) is 26.7 Å². The second-order valence-corrected chi connectivity index (χ2v) is 6.50. The van der Waals surface area contributed by atoms with Crippen molar-refractivity contribution >= 4 is 29.1 Å². The van der Waals surface area contributed by atoms with Crippen LogP contribution in [0.2, 0.25) is 0 Å². The van der Waals surface area contributed by atoms with E-state index in [4.69, 9.17) is 9.90 Å². The smallest absolute Gasteiger partial charge is 0.290 e. The van der Waals surface area contributed by atoms with E-state index in [-0.39, 0.29) is 12.4 Å². The van der Waals surface area contributed by atoms with Crippen molar-refractivity contribution in [3.8, 4) is 0 Å². The Balaban J connectivity index is 0.000000755. The molecule has 29 heavy (non-hydrogen) atoms. The molecule has 0 aliphatic carbocycles. The molecule has 9 heteroatoms. The third-order valence-corrected chi connectivity index (χ3v) is 4.57. The summed E-state index contributed by atoms with van der Waals surface area (Å²) >= 11 is 0. The van der Waals surface area contributed by atoms with Crippen LogP contribution in [0.25, 0.3) is 16.7 Å². The molecule has 0 saturated carbocycles. The van der Waals surface area contributed by atoms with Gasteiger partial charge in [0.2, 0.25) is 0 Å². The molecule has 0 unspecified atom stereocenters. The van der Waals surface area contributed by atoms with Crippen LogP contribution in [-0.4, -0.2) is 48.6 Å². The molecular formula is C20H22N6O3. The predicted octanol–water partition coefficient (Wildman–Crippen LogP) is 2.29. The van der Waals surface area contributed by atoms with Crippen LogP contribution in [0.1, 0.15) is 33.9 Å². The fraction of sp³-hybridized carbons (Fsp3) is 0.250. The van der Waals surface area contributed by atoms with Crippen molar-refractivity contribution in [1.29, 1.82) is 0 Å². The van der Waals surface area contributed by atoms with E-state index in [1.165, 1.54) is 11.1 Å². The van der Waals surface area contributed by atoms with Crippen molar-refractivity contribution in [1.82, 2.24) is 29.9 Å². The summed E-state index contributed by atoms with van der Waals surface area (Å²) in [5.74, 6) is 0.756. The zero-order valence-corrected chi connectivity index (χ0v) is 16.2. The molecule has 0 aliphatic rings. The van der Waals surface area contributed by atoms with Gasteiger partial charge in [-0.15, -0.1) is 0 Å². The van der Waals surface area contributed by atoms with E-state index in [1.807, 2.05) is 0 Å². The first kappa shape index (κ1) is 20.0. The Kier molecular flexibility index (Phi) is 6.18. The maximum absolute atomic E-state index is 12.2. The van der Waals surface area contributed by atoms with Crippen LogP contribution in [0.3, 0.4) is 0 Å². The summed E-state index contributed by atoms with van der Waals surface area (Å²) in [5, 5.41) is 14.0. The third-order valence-electron chi connectivity index (χ3n) is 4.57. The Morgan fingerprint density at radius 2 is 2.14 bits per heavy atom. The number of aryl methyl sites for hydroxylation is 3. The number of benzene rings is 1. The van der Waals surface area contributed by atoms with E-state index in [0.29, 0.717) is 17.9 Å². The number of nitrogens with zero attached hydrogens (tertiary/aromatic N) is 4. The molecule has 0 spiro atoms. The second-order valence-electron chi connectivity index (χ2n) is 6.50. The topological polar surface area (TPSA) is 125 Å². The average molecular weight is 394 g/mol. The minimum absolute atomic E-state index is 0.188. The first-order chi connectivity index (χ1) is 14.0. The Bertz CT molecular complexity index is 1110. The van der Waals surface area contributed by atoms with E-state index < -0.39 is 0 Å². The van der Waals surface area contributed by atoms with E-state index in [9.17, 15) is 4.79 Å². The molecular weight excluding hydrogens is 372 g/mol. The fourth-order valence-electron chi connectivity index (χ4n) is 2.97. The molecule has 0 saturated heterocycles. The molecule has 0 bridgehead atoms. The summed E-state index contributed by atoms with van der Waals surface area (Å²) in [4.78, 5) is 32.8. The van der Waals surface area contributed by atoms with Crippen molar-refractivity contribution in [3.63, 3.8) is 0 Å². The van der Waals surface area contributed by atoms with Gasteiger partial charge in [-0.1, -0.05) is 6.07 Å². The van der Waals surface area contributed by atoms with Crippen molar-refractivity contribution in [2.75, 3.05) is 6.54 Å². The minimum Gasteiger partial charge on any atom is -0.483 e. The first-order valence-electron chi connectivity index (χ1n) is 9.14. The number of hydrogen-bond acceptors (Lipinski definition) is 5. The molecule has 3 aromatic heterocycles. The molecule has 4 aromatic rings. The number of fused-ring (bicyclic) bond motifs is 2. The lowest BCUT2D eigenvalue weighted by atomic mass is 10.1. The zero-order chi connectivity index (χ0) is 20.8. The van der Waals surface area contributed by atoms with Gasteiger partial charge in [0.15, 0.2) is 11.3 Å². The molecule has 0 aliphatic heterocycles. The summed E-state index contributed by atoms with van der Waals surface area (Å²) in [6.45, 7) is 4.49. The number of imidazole rings is 1. The molecule has 0 atom stereocenters. The van der Waals surface area contributed by atoms with E-state index in [0.717, 1.165) is 29.7 Å². The molecule has 0 radical (unpaired) electrons. The number of H-pyrrole nitrogens is 1. The summed E-state index contributed by atoms with van der Waals surface area (Å²) in [5.41, 5.74) is 5.57. The lowest BCUT2D eigenvalue weighted by molar-refractivity contribution is -0.122. The fourth-order valence-corrected chi connectivity index (χ4v) is 2.97. The molecule has 0 fully saturated rings. The van der Waals surface area contributed by atoms with Gasteiger partial charge in [0.1, 0.15) is 5.82 Å². The highest BCUT2D eigenvalue weighted by Gasteiger charge is 2.11. The third kappa shape index (κ3) is 4.57. The Morgan fingerprint density at radius 1 is 1.34 bits per heavy atom. The lowest BCUT2D eigenvalue weighted by Gasteiger charge is -2.01. The Labute approximate surface area is 166 Å². The number of carbonyl (C=O) groups is 2. The largest absolute Gasteiger partial charge is 0.483 e. The van der Waals surface area contributed by atoms with Gasteiger partial charge in [-0.05, 0) is 43.5 Å². The quantitative estimate of drug-likeness (QED) is 0.352. The summed E-state index contributed by atoms with van der Waals surface area (Å²) in [6.07, 6.45) is 5.02. The number of nitrogens with one attached hydrogen (secondary N) is 2. The number of rotatable bonds is 5. The van der Waals surface area contributed by atoms with Crippen LogP contribution in [0, 0.1) is 13.8 Å². The summed E-state index contributed by atoms with van der Waals surface area (Å²) in [7, 11) is 0. The van der Waals surface area contributed by atoms with Gasteiger partial charge in [0.05, 0.1) is 11.0 Å². The monoisotopic (exact) mass is 394 g/mol. The highest BCUT2D eigenvalue weighted by atomic mass is 16.3. The molecule has 1 aromatic carbocycles. The maximum atomic E-state index is 12.2. The number of carbonyl (C=O) groups excluding carboxylic acids is 1. The van der Waals surface area contributed by atoms with Gasteiger partial charge in [0.25, 0.3) is 12.4 Å². The van der Waals surface area contributed by atoms with Crippen LogP contribution in [0.15, 0.2) is 36.7 Å². The van der Waals surface area contributed by atoms with Gasteiger partial charge in [-0.25, -0.2) is 14.5 Å². The van der Waals surface area contributed by atoms with Crippen LogP contribution >= 0.6 is 0 Å². The summed E-state index contributed by atoms with van der Waals surface area (Å²) < 4.78 is 1.59. The van der Waals surface area contributed by atoms with E-state index >= 15 is 0 Å². The van der Waals surface area contributed by atoms with Gasteiger partial charge >= 0.3 is 0 Å².